The van der Waals surface area contributed by atoms with Gasteiger partial charge in [-0.3, -0.25) is 0 Å². The summed E-state index contributed by atoms with van der Waals surface area (Å²) in [6.45, 7) is 0. The van der Waals surface area contributed by atoms with Crippen LogP contribution in [0.25, 0.3) is 55.3 Å². The summed E-state index contributed by atoms with van der Waals surface area (Å²) >= 11 is 6.51. The summed E-state index contributed by atoms with van der Waals surface area (Å²) < 4.78 is 6.73. The van der Waals surface area contributed by atoms with Crippen LogP contribution in [0, 0.1) is 0 Å². The molecule has 1 aromatic heterocycles. The molecule has 0 aliphatic heterocycles. The first-order valence-electron chi connectivity index (χ1n) is 17.7. The highest BCUT2D eigenvalue weighted by molar-refractivity contribution is 6.30. The first-order chi connectivity index (χ1) is 25.7. The van der Waals surface area contributed by atoms with Gasteiger partial charge in [0.2, 0.25) is 0 Å². The molecule has 2 aliphatic rings. The maximum Gasteiger partial charge on any atom is 0.159 e. The van der Waals surface area contributed by atoms with Gasteiger partial charge in [0.05, 0.1) is 16.8 Å². The van der Waals surface area contributed by atoms with Crippen LogP contribution in [0.2, 0.25) is 5.02 Å². The zero-order chi connectivity index (χ0) is 34.4. The highest BCUT2D eigenvalue weighted by Crippen LogP contribution is 2.66. The van der Waals surface area contributed by atoms with Gasteiger partial charge < -0.3 is 9.32 Å². The van der Waals surface area contributed by atoms with Crippen LogP contribution in [-0.2, 0) is 5.41 Å². The van der Waals surface area contributed by atoms with E-state index in [2.05, 4.69) is 169 Å². The summed E-state index contributed by atoms with van der Waals surface area (Å²) in [5, 5.41) is 2.93. The molecule has 52 heavy (non-hydrogen) atoms. The summed E-state index contributed by atoms with van der Waals surface area (Å²) in [7, 11) is 0. The van der Waals surface area contributed by atoms with E-state index in [0.717, 1.165) is 49.6 Å². The van der Waals surface area contributed by atoms with Crippen molar-refractivity contribution in [1.29, 1.82) is 0 Å². The van der Waals surface area contributed by atoms with Gasteiger partial charge >= 0.3 is 0 Å². The fourth-order valence-corrected chi connectivity index (χ4v) is 9.29. The highest BCUT2D eigenvalue weighted by atomic mass is 35.5. The second kappa shape index (κ2) is 11.1. The minimum absolute atomic E-state index is 0.544. The molecule has 2 nitrogen and oxygen atoms in total. The molecule has 0 unspecified atom stereocenters. The van der Waals surface area contributed by atoms with Crippen LogP contribution in [0.1, 0.15) is 22.3 Å². The molecule has 0 atom stereocenters. The van der Waals surface area contributed by atoms with Crippen LogP contribution in [-0.4, -0.2) is 0 Å². The van der Waals surface area contributed by atoms with Gasteiger partial charge in [0.25, 0.3) is 0 Å². The molecule has 1 heterocycles. The zero-order valence-electron chi connectivity index (χ0n) is 28.1. The van der Waals surface area contributed by atoms with Crippen molar-refractivity contribution in [3.05, 3.63) is 209 Å². The van der Waals surface area contributed by atoms with Gasteiger partial charge in [-0.2, -0.15) is 0 Å². The molecular weight excluding hydrogens is 654 g/mol. The van der Waals surface area contributed by atoms with E-state index in [4.69, 9.17) is 16.0 Å². The Morgan fingerprint density at radius 2 is 1.04 bits per heavy atom. The lowest BCUT2D eigenvalue weighted by molar-refractivity contribution is 0.669. The minimum Gasteiger partial charge on any atom is -0.454 e. The number of benzene rings is 8. The van der Waals surface area contributed by atoms with Crippen molar-refractivity contribution >= 4 is 50.6 Å². The first-order valence-corrected chi connectivity index (χ1v) is 18.1. The lowest BCUT2D eigenvalue weighted by Crippen LogP contribution is -2.27. The van der Waals surface area contributed by atoms with Crippen molar-refractivity contribution in [3.8, 4) is 33.4 Å². The van der Waals surface area contributed by atoms with Crippen molar-refractivity contribution in [1.82, 2.24) is 0 Å². The highest BCUT2D eigenvalue weighted by Gasteiger charge is 2.53. The summed E-state index contributed by atoms with van der Waals surface area (Å²) in [5.74, 6) is 0. The number of nitrogens with zero attached hydrogens (tertiary/aromatic N) is 1. The molecule has 244 valence electrons. The van der Waals surface area contributed by atoms with Gasteiger partial charge in [-0.15, -0.1) is 0 Å². The Kier molecular flexibility index (Phi) is 6.26. The summed E-state index contributed by atoms with van der Waals surface area (Å²) in [5.41, 5.74) is 16.8. The molecule has 9 aromatic rings. The molecular formula is C49H30ClNO. The Bertz CT molecular complexity index is 2820. The van der Waals surface area contributed by atoms with E-state index in [1.807, 2.05) is 18.2 Å². The molecule has 0 bridgehead atoms. The normalized spacial score (nSPS) is 13.2. The fourth-order valence-electron chi connectivity index (χ4n) is 9.16. The molecule has 0 amide bonds. The van der Waals surface area contributed by atoms with E-state index in [1.54, 1.807) is 0 Å². The number of furan rings is 1. The van der Waals surface area contributed by atoms with E-state index < -0.39 is 5.41 Å². The molecule has 0 fully saturated rings. The van der Waals surface area contributed by atoms with Gasteiger partial charge in [-0.05, 0) is 92.5 Å². The number of hydrogen-bond acceptors (Lipinski definition) is 2. The average Bonchev–Trinajstić information content (AvgIpc) is 3.84. The van der Waals surface area contributed by atoms with E-state index in [9.17, 15) is 0 Å². The molecule has 0 saturated heterocycles. The Morgan fingerprint density at radius 1 is 0.442 bits per heavy atom. The van der Waals surface area contributed by atoms with Crippen LogP contribution in [0.4, 0.5) is 17.1 Å². The third-order valence-corrected chi connectivity index (χ3v) is 11.4. The summed E-state index contributed by atoms with van der Waals surface area (Å²) in [4.78, 5) is 2.40. The predicted molar refractivity (Wildman–Crippen MR) is 215 cm³/mol. The Balaban J connectivity index is 1.32. The number of para-hydroxylation sites is 3. The maximum absolute atomic E-state index is 6.73. The summed E-state index contributed by atoms with van der Waals surface area (Å²) in [6, 6.07) is 65.4. The van der Waals surface area contributed by atoms with Crippen molar-refractivity contribution in [3.63, 3.8) is 0 Å². The number of hydrogen-bond donors (Lipinski definition) is 0. The number of fused-ring (bicyclic) bond motifs is 13. The first kappa shape index (κ1) is 29.4. The monoisotopic (exact) mass is 683 g/mol. The van der Waals surface area contributed by atoms with Gasteiger partial charge in [0.1, 0.15) is 5.58 Å². The van der Waals surface area contributed by atoms with Crippen molar-refractivity contribution in [2.75, 3.05) is 4.90 Å². The lowest BCUT2D eigenvalue weighted by atomic mass is 9.68. The molecule has 0 saturated carbocycles. The van der Waals surface area contributed by atoms with Crippen LogP contribution in [0.15, 0.2) is 186 Å². The van der Waals surface area contributed by atoms with Gasteiger partial charge in [0.15, 0.2) is 5.58 Å². The fraction of sp³-hybridized carbons (Fsp3) is 0.0204. The van der Waals surface area contributed by atoms with Crippen LogP contribution in [0.3, 0.4) is 0 Å². The molecule has 3 heteroatoms. The molecule has 0 radical (unpaired) electrons. The van der Waals surface area contributed by atoms with Gasteiger partial charge in [-0.1, -0.05) is 151 Å². The van der Waals surface area contributed by atoms with Crippen LogP contribution >= 0.6 is 11.6 Å². The van der Waals surface area contributed by atoms with Gasteiger partial charge in [0, 0.05) is 27.0 Å². The Hall–Kier alpha value is -6.35. The van der Waals surface area contributed by atoms with Crippen LogP contribution in [0.5, 0.6) is 0 Å². The third kappa shape index (κ3) is 3.90. The number of halogens is 1. The maximum atomic E-state index is 6.73. The lowest BCUT2D eigenvalue weighted by Gasteiger charge is -2.33. The molecule has 11 rings (SSSR count). The third-order valence-electron chi connectivity index (χ3n) is 11.1. The van der Waals surface area contributed by atoms with E-state index >= 15 is 0 Å². The largest absolute Gasteiger partial charge is 0.454 e. The SMILES string of the molecule is Clc1ccc(-c2ccc(N(c3ccccc3)c3cccc4c3oc3ccccc34)c3c2C2(c4ccccc4-c4ccccc42)c2ccccc2-3)cc1. The Morgan fingerprint density at radius 3 is 1.77 bits per heavy atom. The van der Waals surface area contributed by atoms with Crippen molar-refractivity contribution < 1.29 is 4.42 Å². The predicted octanol–water partition coefficient (Wildman–Crippen LogP) is 13.7. The molecule has 0 N–H and O–H groups in total. The van der Waals surface area contributed by atoms with E-state index in [1.165, 1.54) is 50.1 Å². The molecule has 1 spiro atoms. The van der Waals surface area contributed by atoms with E-state index in [0.29, 0.717) is 0 Å². The number of rotatable bonds is 4. The van der Waals surface area contributed by atoms with Crippen molar-refractivity contribution in [2.45, 2.75) is 5.41 Å². The van der Waals surface area contributed by atoms with Gasteiger partial charge in [-0.25, -0.2) is 0 Å². The second-order valence-corrected chi connectivity index (χ2v) is 14.1. The Labute approximate surface area is 306 Å². The topological polar surface area (TPSA) is 16.4 Å². The standard InChI is InChI=1S/C49H30ClNO/c50-32-27-25-31(26-28-32)34-29-30-43(51(33-13-2-1-3-14-33)44-23-12-19-38-37-17-7-11-24-45(37)52-48(38)44)46-39-18-6-10-22-42(39)49(47(34)46)40-20-8-4-15-35(40)36-16-5-9-21-41(36)49/h1-30H. The molecule has 8 aromatic carbocycles. The smallest absolute Gasteiger partial charge is 0.159 e. The average molecular weight is 684 g/mol. The van der Waals surface area contributed by atoms with Crippen molar-refractivity contribution in [2.24, 2.45) is 0 Å². The second-order valence-electron chi connectivity index (χ2n) is 13.7. The summed E-state index contributed by atoms with van der Waals surface area (Å²) in [6.07, 6.45) is 0. The zero-order valence-corrected chi connectivity index (χ0v) is 28.8. The van der Waals surface area contributed by atoms with E-state index in [-0.39, 0.29) is 0 Å². The quantitative estimate of drug-likeness (QED) is 0.184. The molecule has 2 aliphatic carbocycles. The number of anilines is 3. The van der Waals surface area contributed by atoms with Crippen LogP contribution < -0.4 is 4.90 Å². The minimum atomic E-state index is -0.544.